The van der Waals surface area contributed by atoms with Crippen molar-refractivity contribution in [1.29, 1.82) is 0 Å². The van der Waals surface area contributed by atoms with Gasteiger partial charge in [-0.15, -0.1) is 0 Å². The lowest BCUT2D eigenvalue weighted by atomic mass is 9.95. The van der Waals surface area contributed by atoms with E-state index < -0.39 is 6.04 Å². The van der Waals surface area contributed by atoms with Crippen LogP contribution in [0.5, 0.6) is 0 Å². The number of nitrogens with zero attached hydrogens (tertiary/aromatic N) is 1. The second-order valence-electron chi connectivity index (χ2n) is 4.88. The van der Waals surface area contributed by atoms with Crippen LogP contribution >= 0.6 is 0 Å². The maximum atomic E-state index is 14.2. The standard InChI is InChI=1S/C17H15FN2/c1-11-5-2-8-13(15(11)18)16(19)14-9-3-6-12-7-4-10-20-17(12)14/h2-10,16H,19H2,1H3. The monoisotopic (exact) mass is 266 g/mol. The Morgan fingerprint density at radius 3 is 2.55 bits per heavy atom. The summed E-state index contributed by atoms with van der Waals surface area (Å²) in [7, 11) is 0. The average molecular weight is 266 g/mol. The molecule has 0 saturated heterocycles. The molecule has 1 aromatic heterocycles. The van der Waals surface area contributed by atoms with Crippen LogP contribution in [0.2, 0.25) is 0 Å². The predicted molar refractivity (Wildman–Crippen MR) is 78.9 cm³/mol. The molecule has 0 fully saturated rings. The van der Waals surface area contributed by atoms with Crippen molar-refractivity contribution in [2.75, 3.05) is 0 Å². The number of hydrogen-bond acceptors (Lipinski definition) is 2. The summed E-state index contributed by atoms with van der Waals surface area (Å²) in [5.74, 6) is -0.243. The molecule has 100 valence electrons. The van der Waals surface area contributed by atoms with Crippen molar-refractivity contribution in [3.8, 4) is 0 Å². The van der Waals surface area contributed by atoms with Crippen LogP contribution in [0, 0.1) is 12.7 Å². The molecule has 1 atom stereocenters. The van der Waals surface area contributed by atoms with Gasteiger partial charge in [0, 0.05) is 17.1 Å². The van der Waals surface area contributed by atoms with Gasteiger partial charge in [-0.2, -0.15) is 0 Å². The Bertz CT molecular complexity index is 763. The van der Waals surface area contributed by atoms with E-state index in [2.05, 4.69) is 4.98 Å². The maximum absolute atomic E-state index is 14.2. The van der Waals surface area contributed by atoms with E-state index in [4.69, 9.17) is 5.73 Å². The maximum Gasteiger partial charge on any atom is 0.131 e. The van der Waals surface area contributed by atoms with Gasteiger partial charge in [-0.1, -0.05) is 42.5 Å². The van der Waals surface area contributed by atoms with Crippen LogP contribution in [-0.2, 0) is 0 Å². The number of benzene rings is 2. The fourth-order valence-electron chi connectivity index (χ4n) is 2.46. The molecule has 2 N–H and O–H groups in total. The van der Waals surface area contributed by atoms with Gasteiger partial charge in [-0.25, -0.2) is 4.39 Å². The highest BCUT2D eigenvalue weighted by atomic mass is 19.1. The van der Waals surface area contributed by atoms with Crippen LogP contribution < -0.4 is 5.73 Å². The van der Waals surface area contributed by atoms with Gasteiger partial charge in [0.05, 0.1) is 11.6 Å². The molecular formula is C17H15FN2. The van der Waals surface area contributed by atoms with Gasteiger partial charge in [0.15, 0.2) is 0 Å². The number of para-hydroxylation sites is 1. The molecule has 0 aliphatic heterocycles. The van der Waals surface area contributed by atoms with Crippen LogP contribution in [0.3, 0.4) is 0 Å². The number of pyridine rings is 1. The molecule has 0 saturated carbocycles. The largest absolute Gasteiger partial charge is 0.320 e. The smallest absolute Gasteiger partial charge is 0.131 e. The molecular weight excluding hydrogens is 251 g/mol. The summed E-state index contributed by atoms with van der Waals surface area (Å²) in [4.78, 5) is 4.38. The van der Waals surface area contributed by atoms with Crippen molar-refractivity contribution in [3.63, 3.8) is 0 Å². The molecule has 1 heterocycles. The average Bonchev–Trinajstić information content (AvgIpc) is 2.49. The van der Waals surface area contributed by atoms with Crippen molar-refractivity contribution in [1.82, 2.24) is 4.98 Å². The van der Waals surface area contributed by atoms with Gasteiger partial charge in [0.2, 0.25) is 0 Å². The van der Waals surface area contributed by atoms with Crippen molar-refractivity contribution in [2.45, 2.75) is 13.0 Å². The van der Waals surface area contributed by atoms with E-state index >= 15 is 0 Å². The highest BCUT2D eigenvalue weighted by Gasteiger charge is 2.17. The Balaban J connectivity index is 2.18. The number of aromatic nitrogens is 1. The molecule has 0 bridgehead atoms. The summed E-state index contributed by atoms with van der Waals surface area (Å²) >= 11 is 0. The van der Waals surface area contributed by atoms with Crippen LogP contribution in [-0.4, -0.2) is 4.98 Å². The Morgan fingerprint density at radius 1 is 1.00 bits per heavy atom. The quantitative estimate of drug-likeness (QED) is 0.767. The minimum Gasteiger partial charge on any atom is -0.320 e. The number of fused-ring (bicyclic) bond motifs is 1. The van der Waals surface area contributed by atoms with E-state index in [-0.39, 0.29) is 5.82 Å². The normalized spacial score (nSPS) is 12.6. The zero-order valence-corrected chi connectivity index (χ0v) is 11.2. The lowest BCUT2D eigenvalue weighted by Gasteiger charge is -2.16. The first-order chi connectivity index (χ1) is 9.68. The van der Waals surface area contributed by atoms with Crippen LogP contribution in [0.15, 0.2) is 54.7 Å². The summed E-state index contributed by atoms with van der Waals surface area (Å²) < 4.78 is 14.2. The van der Waals surface area contributed by atoms with Crippen LogP contribution in [0.25, 0.3) is 10.9 Å². The predicted octanol–water partition coefficient (Wildman–Crippen LogP) is 3.73. The van der Waals surface area contributed by atoms with Crippen molar-refractivity contribution < 1.29 is 4.39 Å². The Morgan fingerprint density at radius 2 is 1.70 bits per heavy atom. The zero-order valence-electron chi connectivity index (χ0n) is 11.2. The molecule has 3 heteroatoms. The van der Waals surface area contributed by atoms with E-state index in [9.17, 15) is 4.39 Å². The molecule has 20 heavy (non-hydrogen) atoms. The van der Waals surface area contributed by atoms with Crippen LogP contribution in [0.1, 0.15) is 22.7 Å². The Kier molecular flexibility index (Phi) is 3.20. The molecule has 0 amide bonds. The highest BCUT2D eigenvalue weighted by Crippen LogP contribution is 2.28. The molecule has 3 aromatic rings. The Hall–Kier alpha value is -2.26. The van der Waals surface area contributed by atoms with Crippen molar-refractivity contribution in [2.24, 2.45) is 5.73 Å². The van der Waals surface area contributed by atoms with Gasteiger partial charge in [0.1, 0.15) is 5.82 Å². The Labute approximate surface area is 117 Å². The summed E-state index contributed by atoms with van der Waals surface area (Å²) in [5, 5.41) is 1.01. The minimum atomic E-state index is -0.520. The first-order valence-corrected chi connectivity index (χ1v) is 6.52. The molecule has 0 aliphatic carbocycles. The van der Waals surface area contributed by atoms with E-state index in [0.717, 1.165) is 16.5 Å². The van der Waals surface area contributed by atoms with E-state index in [1.807, 2.05) is 36.4 Å². The van der Waals surface area contributed by atoms with E-state index in [1.165, 1.54) is 0 Å². The second-order valence-corrected chi connectivity index (χ2v) is 4.88. The fraction of sp³-hybridized carbons (Fsp3) is 0.118. The molecule has 3 rings (SSSR count). The molecule has 0 aliphatic rings. The first-order valence-electron chi connectivity index (χ1n) is 6.52. The summed E-state index contributed by atoms with van der Waals surface area (Å²) in [6.07, 6.45) is 1.73. The fourth-order valence-corrected chi connectivity index (χ4v) is 2.46. The van der Waals surface area contributed by atoms with Crippen molar-refractivity contribution in [3.05, 3.63) is 77.2 Å². The third-order valence-electron chi connectivity index (χ3n) is 3.56. The van der Waals surface area contributed by atoms with E-state index in [1.54, 1.807) is 25.3 Å². The topological polar surface area (TPSA) is 38.9 Å². The molecule has 1 unspecified atom stereocenters. The van der Waals surface area contributed by atoms with Gasteiger partial charge < -0.3 is 5.73 Å². The lowest BCUT2D eigenvalue weighted by molar-refractivity contribution is 0.591. The van der Waals surface area contributed by atoms with Gasteiger partial charge in [-0.3, -0.25) is 4.98 Å². The van der Waals surface area contributed by atoms with Gasteiger partial charge in [-0.05, 0) is 24.1 Å². The highest BCUT2D eigenvalue weighted by molar-refractivity contribution is 5.82. The number of rotatable bonds is 2. The molecule has 0 radical (unpaired) electrons. The SMILES string of the molecule is Cc1cccc(C(N)c2cccc3cccnc23)c1F. The molecule has 2 aromatic carbocycles. The molecule has 2 nitrogen and oxygen atoms in total. The minimum absolute atomic E-state index is 0.243. The van der Waals surface area contributed by atoms with Gasteiger partial charge >= 0.3 is 0 Å². The number of nitrogens with two attached hydrogens (primary N) is 1. The third-order valence-corrected chi connectivity index (χ3v) is 3.56. The van der Waals surface area contributed by atoms with E-state index in [0.29, 0.717) is 11.1 Å². The number of hydrogen-bond donors (Lipinski definition) is 1. The number of halogens is 1. The van der Waals surface area contributed by atoms with Gasteiger partial charge in [0.25, 0.3) is 0 Å². The van der Waals surface area contributed by atoms with Crippen molar-refractivity contribution >= 4 is 10.9 Å². The summed E-state index contributed by atoms with van der Waals surface area (Å²) in [6.45, 7) is 1.74. The summed E-state index contributed by atoms with van der Waals surface area (Å²) in [5.41, 5.74) is 9.04. The third kappa shape index (κ3) is 2.06. The second kappa shape index (κ2) is 5.02. The summed E-state index contributed by atoms with van der Waals surface area (Å²) in [6, 6.07) is 14.4. The first kappa shape index (κ1) is 12.8. The lowest BCUT2D eigenvalue weighted by Crippen LogP contribution is -2.15. The number of aryl methyl sites for hydroxylation is 1. The molecule has 0 spiro atoms. The zero-order chi connectivity index (χ0) is 14.1. The van der Waals surface area contributed by atoms with Crippen LogP contribution in [0.4, 0.5) is 4.39 Å².